The first-order valence-electron chi connectivity index (χ1n) is 18.9. The summed E-state index contributed by atoms with van der Waals surface area (Å²) >= 11 is 0. The molecule has 0 saturated carbocycles. The van der Waals surface area contributed by atoms with Gasteiger partial charge in [-0.1, -0.05) is 55.8 Å². The first-order chi connectivity index (χ1) is 26.4. The van der Waals surface area contributed by atoms with E-state index in [1.165, 1.54) is 11.6 Å². The van der Waals surface area contributed by atoms with Gasteiger partial charge in [0.2, 0.25) is 5.95 Å². The molecule has 3 N–H and O–H groups in total. The molecule has 0 spiro atoms. The van der Waals surface area contributed by atoms with Crippen LogP contribution in [0.1, 0.15) is 64.4 Å². The standard InChI is InChI=1S/C42H47N7O5/c1-2-3-18-43-42-45-27-35-34(26-44-39(35)46-42)31-14-10-30(11-15-31)28-49-22-20-48(21-23-49)19-6-25-53-24-5-7-29-12-16-32(17-13-29)54-36-9-4-8-33-37(36)40(51)47-41(52)38(33)50/h4,8-17,26-27H,2-3,5-7,18-25,28H2,1H3,(H,47,51,52)(H2,43,44,45,46). The van der Waals surface area contributed by atoms with Crippen molar-refractivity contribution in [1.82, 2.24) is 30.1 Å². The fourth-order valence-corrected chi connectivity index (χ4v) is 6.93. The van der Waals surface area contributed by atoms with E-state index >= 15 is 0 Å². The number of hydrogen-bond acceptors (Lipinski definition) is 10. The summed E-state index contributed by atoms with van der Waals surface area (Å²) < 4.78 is 11.9. The molecule has 0 unspecified atom stereocenters. The molecule has 4 heterocycles. The molecule has 0 atom stereocenters. The molecule has 2 aromatic heterocycles. The Morgan fingerprint density at radius 3 is 2.37 bits per heavy atom. The Morgan fingerprint density at radius 2 is 1.57 bits per heavy atom. The van der Waals surface area contributed by atoms with Crippen LogP contribution in [0.4, 0.5) is 5.95 Å². The van der Waals surface area contributed by atoms with Crippen LogP contribution >= 0.6 is 0 Å². The van der Waals surface area contributed by atoms with Gasteiger partial charge in [-0.3, -0.25) is 24.6 Å². The summed E-state index contributed by atoms with van der Waals surface area (Å²) in [6.45, 7) is 10.8. The Labute approximate surface area is 315 Å². The molecule has 0 bridgehead atoms. The van der Waals surface area contributed by atoms with Gasteiger partial charge in [-0.25, -0.2) is 4.98 Å². The van der Waals surface area contributed by atoms with Gasteiger partial charge in [0.15, 0.2) is 0 Å². The van der Waals surface area contributed by atoms with E-state index in [-0.39, 0.29) is 16.9 Å². The van der Waals surface area contributed by atoms with Crippen LogP contribution in [0, 0.1) is 0 Å². The number of anilines is 1. The second kappa shape index (κ2) is 17.6. The number of aryl methyl sites for hydroxylation is 1. The summed E-state index contributed by atoms with van der Waals surface area (Å²) in [5.41, 5.74) is 5.74. The van der Waals surface area contributed by atoms with Gasteiger partial charge >= 0.3 is 0 Å². The minimum Gasteiger partial charge on any atom is -0.457 e. The Bertz CT molecular complexity index is 2070. The highest BCUT2D eigenvalue weighted by Gasteiger charge is 2.33. The third kappa shape index (κ3) is 9.02. The first-order valence-corrected chi connectivity index (χ1v) is 18.9. The average molecular weight is 730 g/mol. The molecular formula is C42H47N7O5. The Morgan fingerprint density at radius 1 is 0.815 bits per heavy atom. The molecule has 0 radical (unpaired) electrons. The van der Waals surface area contributed by atoms with E-state index in [9.17, 15) is 14.4 Å². The number of hydrogen-bond donors (Lipinski definition) is 3. The van der Waals surface area contributed by atoms with E-state index in [4.69, 9.17) is 9.47 Å². The minimum atomic E-state index is -0.925. The Kier molecular flexibility index (Phi) is 12.0. The molecule has 2 aliphatic rings. The number of H-pyrrole nitrogens is 1. The largest absolute Gasteiger partial charge is 0.457 e. The number of carbonyl (C=O) groups excluding carboxylic acids is 3. The number of amides is 2. The molecular weight excluding hydrogens is 683 g/mol. The summed E-state index contributed by atoms with van der Waals surface area (Å²) in [5.74, 6) is -0.866. The number of fused-ring (bicyclic) bond motifs is 2. The van der Waals surface area contributed by atoms with Crippen LogP contribution < -0.4 is 15.4 Å². The maximum atomic E-state index is 12.4. The quantitative estimate of drug-likeness (QED) is 0.0572. The maximum Gasteiger partial charge on any atom is 0.299 e. The topological polar surface area (TPSA) is 142 Å². The second-order valence-electron chi connectivity index (χ2n) is 13.9. The van der Waals surface area contributed by atoms with Crippen LogP contribution in [-0.4, -0.2) is 94.8 Å². The lowest BCUT2D eigenvalue weighted by atomic mass is 9.98. The molecule has 2 amide bonds. The van der Waals surface area contributed by atoms with Crippen LogP contribution in [0.2, 0.25) is 0 Å². The lowest BCUT2D eigenvalue weighted by Gasteiger charge is -2.34. The van der Waals surface area contributed by atoms with Crippen molar-refractivity contribution in [3.05, 3.63) is 101 Å². The third-order valence-electron chi connectivity index (χ3n) is 9.98. The van der Waals surface area contributed by atoms with E-state index < -0.39 is 17.6 Å². The fraction of sp³-hybridized carbons (Fsp3) is 0.357. The maximum absolute atomic E-state index is 12.4. The number of aromatic amines is 1. The lowest BCUT2D eigenvalue weighted by Crippen LogP contribution is -2.46. The van der Waals surface area contributed by atoms with Gasteiger partial charge in [-0.2, -0.15) is 4.98 Å². The van der Waals surface area contributed by atoms with Crippen molar-refractivity contribution >= 4 is 34.6 Å². The SMILES string of the molecule is CCCCNc1ncc2c(-c3ccc(CN4CCN(CCCOCCCc5ccc(Oc6cccc7c6C(=O)NC(=O)C7=O)cc5)CC4)cc3)c[nH]c2n1. The zero-order valence-electron chi connectivity index (χ0n) is 30.7. The molecule has 5 aromatic rings. The number of nitrogens with one attached hydrogen (secondary N) is 3. The van der Waals surface area contributed by atoms with E-state index in [0.717, 1.165) is 112 Å². The highest BCUT2D eigenvalue weighted by molar-refractivity contribution is 6.49. The van der Waals surface area contributed by atoms with Gasteiger partial charge < -0.3 is 24.7 Å². The molecule has 12 nitrogen and oxygen atoms in total. The zero-order valence-corrected chi connectivity index (χ0v) is 30.7. The van der Waals surface area contributed by atoms with Crippen LogP contribution in [0.25, 0.3) is 22.2 Å². The first kappa shape index (κ1) is 36.9. The van der Waals surface area contributed by atoms with Gasteiger partial charge in [0.05, 0.1) is 5.56 Å². The van der Waals surface area contributed by atoms with Crippen molar-refractivity contribution in [1.29, 1.82) is 0 Å². The third-order valence-corrected chi connectivity index (χ3v) is 9.98. The fourth-order valence-electron chi connectivity index (χ4n) is 6.93. The van der Waals surface area contributed by atoms with Crippen molar-refractivity contribution in [3.63, 3.8) is 0 Å². The number of ketones is 1. The van der Waals surface area contributed by atoms with Crippen molar-refractivity contribution < 1.29 is 23.9 Å². The zero-order chi connectivity index (χ0) is 37.3. The van der Waals surface area contributed by atoms with Crippen LogP contribution in [-0.2, 0) is 22.5 Å². The predicted molar refractivity (Wildman–Crippen MR) is 208 cm³/mol. The van der Waals surface area contributed by atoms with Crippen LogP contribution in [0.5, 0.6) is 11.5 Å². The number of unbranched alkanes of at least 4 members (excludes halogenated alkanes) is 1. The van der Waals surface area contributed by atoms with Crippen molar-refractivity contribution in [3.8, 4) is 22.6 Å². The normalized spacial score (nSPS) is 15.0. The number of benzene rings is 3. The summed E-state index contributed by atoms with van der Waals surface area (Å²) in [4.78, 5) is 53.8. The van der Waals surface area contributed by atoms with Gasteiger partial charge in [0, 0.05) is 87.9 Å². The van der Waals surface area contributed by atoms with E-state index in [2.05, 4.69) is 66.6 Å². The predicted octanol–water partition coefficient (Wildman–Crippen LogP) is 6.24. The highest BCUT2D eigenvalue weighted by Crippen LogP contribution is 2.31. The van der Waals surface area contributed by atoms with E-state index in [1.54, 1.807) is 12.1 Å². The molecule has 2 aliphatic heterocycles. The Hall–Kier alpha value is -5.43. The number of imide groups is 1. The molecule has 280 valence electrons. The summed E-state index contributed by atoms with van der Waals surface area (Å²) in [6, 6.07) is 21.2. The van der Waals surface area contributed by atoms with E-state index in [0.29, 0.717) is 18.3 Å². The summed E-state index contributed by atoms with van der Waals surface area (Å²) in [5, 5.41) is 6.40. The second-order valence-corrected chi connectivity index (χ2v) is 13.9. The number of piperazine rings is 1. The summed E-state index contributed by atoms with van der Waals surface area (Å²) in [7, 11) is 0. The van der Waals surface area contributed by atoms with E-state index in [1.807, 2.05) is 36.7 Å². The highest BCUT2D eigenvalue weighted by atomic mass is 16.5. The number of ether oxygens (including phenoxy) is 2. The van der Waals surface area contributed by atoms with Crippen molar-refractivity contribution in [2.45, 2.75) is 45.6 Å². The summed E-state index contributed by atoms with van der Waals surface area (Å²) in [6.07, 6.45) is 8.97. The molecule has 1 saturated heterocycles. The molecule has 12 heteroatoms. The van der Waals surface area contributed by atoms with Gasteiger partial charge in [0.1, 0.15) is 17.1 Å². The number of carbonyl (C=O) groups is 3. The van der Waals surface area contributed by atoms with Crippen molar-refractivity contribution in [2.24, 2.45) is 0 Å². The number of aromatic nitrogens is 3. The monoisotopic (exact) mass is 729 g/mol. The van der Waals surface area contributed by atoms with Crippen molar-refractivity contribution in [2.75, 3.05) is 57.8 Å². The van der Waals surface area contributed by atoms with Gasteiger partial charge in [-0.05, 0) is 66.6 Å². The van der Waals surface area contributed by atoms with Gasteiger partial charge in [-0.15, -0.1) is 0 Å². The van der Waals surface area contributed by atoms with Crippen LogP contribution in [0.15, 0.2) is 79.1 Å². The average Bonchev–Trinajstić information content (AvgIpc) is 3.61. The molecule has 7 rings (SSSR count). The lowest BCUT2D eigenvalue weighted by molar-refractivity contribution is -0.116. The van der Waals surface area contributed by atoms with Gasteiger partial charge in [0.25, 0.3) is 17.6 Å². The Balaban J connectivity index is 0.765. The molecule has 54 heavy (non-hydrogen) atoms. The smallest absolute Gasteiger partial charge is 0.299 e. The number of nitrogens with zero attached hydrogens (tertiary/aromatic N) is 4. The number of rotatable bonds is 17. The molecule has 1 fully saturated rings. The number of Topliss-reactive ketones (excluding diaryl/α,β-unsaturated/α-hetero) is 1. The van der Waals surface area contributed by atoms with Crippen LogP contribution in [0.3, 0.4) is 0 Å². The molecule has 0 aliphatic carbocycles. The molecule has 3 aromatic carbocycles. The minimum absolute atomic E-state index is 0.0539.